The third-order valence-electron chi connectivity index (χ3n) is 6.09. The summed E-state index contributed by atoms with van der Waals surface area (Å²) in [7, 11) is 1.92. The van der Waals surface area contributed by atoms with Crippen LogP contribution in [-0.2, 0) is 17.4 Å². The molecule has 0 radical (unpaired) electrons. The Labute approximate surface area is 155 Å². The lowest BCUT2D eigenvalue weighted by Gasteiger charge is -2.33. The molecule has 1 saturated carbocycles. The highest BCUT2D eigenvalue weighted by molar-refractivity contribution is 5.81. The molecule has 2 N–H and O–H groups in total. The second-order valence-corrected chi connectivity index (χ2v) is 7.97. The van der Waals surface area contributed by atoms with E-state index in [1.807, 2.05) is 24.1 Å². The van der Waals surface area contributed by atoms with Crippen molar-refractivity contribution in [1.29, 1.82) is 0 Å². The van der Waals surface area contributed by atoms with E-state index in [4.69, 9.17) is 0 Å². The fourth-order valence-corrected chi connectivity index (χ4v) is 4.67. The number of hydrogen-bond acceptors (Lipinski definition) is 3. The van der Waals surface area contributed by atoms with E-state index in [2.05, 4.69) is 46.9 Å². The molecule has 1 saturated heterocycles. The summed E-state index contributed by atoms with van der Waals surface area (Å²) in [6.07, 6.45) is 8.32. The summed E-state index contributed by atoms with van der Waals surface area (Å²) in [5, 5.41) is 11.2. The maximum Gasteiger partial charge on any atom is 0.225 e. The normalized spacial score (nSPS) is 24.7. The Morgan fingerprint density at radius 1 is 1.31 bits per heavy atom. The van der Waals surface area contributed by atoms with E-state index in [1.165, 1.54) is 24.0 Å². The molecule has 5 nitrogen and oxygen atoms in total. The molecule has 2 atom stereocenters. The second-order valence-electron chi connectivity index (χ2n) is 7.97. The Bertz CT molecular complexity index is 791. The number of hydrogen-bond donors (Lipinski definition) is 2. The first-order chi connectivity index (χ1) is 12.6. The van der Waals surface area contributed by atoms with Crippen molar-refractivity contribution in [2.75, 3.05) is 13.1 Å². The molecule has 0 spiro atoms. The number of carbonyl (C=O) groups excluding carboxylic acids is 1. The molecule has 4 rings (SSSR count). The quantitative estimate of drug-likeness (QED) is 0.889. The highest BCUT2D eigenvalue weighted by Gasteiger charge is 2.41. The predicted molar refractivity (Wildman–Crippen MR) is 102 cm³/mol. The Morgan fingerprint density at radius 3 is 2.81 bits per heavy atom. The lowest BCUT2D eigenvalue weighted by Crippen LogP contribution is -2.47. The predicted octanol–water partition coefficient (Wildman–Crippen LogP) is 2.62. The molecule has 5 heteroatoms. The van der Waals surface area contributed by atoms with Crippen molar-refractivity contribution in [3.63, 3.8) is 0 Å². The van der Waals surface area contributed by atoms with Crippen LogP contribution in [0.1, 0.15) is 48.3 Å². The number of carbonyl (C=O) groups is 1. The third-order valence-corrected chi connectivity index (χ3v) is 6.09. The van der Waals surface area contributed by atoms with E-state index in [-0.39, 0.29) is 23.3 Å². The van der Waals surface area contributed by atoms with Gasteiger partial charge in [-0.05, 0) is 30.9 Å². The summed E-state index contributed by atoms with van der Waals surface area (Å²) in [6.45, 7) is 3.68. The van der Waals surface area contributed by atoms with Crippen molar-refractivity contribution in [2.45, 2.75) is 44.1 Å². The van der Waals surface area contributed by atoms with E-state index in [1.54, 1.807) is 0 Å². The maximum atomic E-state index is 13.3. The fourth-order valence-electron chi connectivity index (χ4n) is 4.67. The van der Waals surface area contributed by atoms with Gasteiger partial charge in [0.05, 0.1) is 17.7 Å². The van der Waals surface area contributed by atoms with Crippen LogP contribution in [0, 0.1) is 12.8 Å². The number of benzene rings is 1. The lowest BCUT2D eigenvalue weighted by molar-refractivity contribution is -0.127. The molecule has 0 unspecified atom stereocenters. The highest BCUT2D eigenvalue weighted by Crippen LogP contribution is 2.40. The zero-order chi connectivity index (χ0) is 18.1. The van der Waals surface area contributed by atoms with Crippen molar-refractivity contribution < 1.29 is 4.79 Å². The number of aromatic nitrogens is 2. The summed E-state index contributed by atoms with van der Waals surface area (Å²) in [5.41, 5.74) is 3.45. The van der Waals surface area contributed by atoms with Gasteiger partial charge < -0.3 is 10.6 Å². The molecule has 1 amide bonds. The Kier molecular flexibility index (Phi) is 4.57. The number of nitrogens with zero attached hydrogens (tertiary/aromatic N) is 2. The van der Waals surface area contributed by atoms with Gasteiger partial charge in [-0.25, -0.2) is 0 Å². The maximum absolute atomic E-state index is 13.3. The summed E-state index contributed by atoms with van der Waals surface area (Å²) >= 11 is 0. The Hall–Kier alpha value is -2.14. The van der Waals surface area contributed by atoms with Gasteiger partial charge in [-0.1, -0.05) is 42.7 Å². The third kappa shape index (κ3) is 3.16. The summed E-state index contributed by atoms with van der Waals surface area (Å²) in [4.78, 5) is 13.3. The Balaban J connectivity index is 1.57. The molecule has 1 aromatic heterocycles. The van der Waals surface area contributed by atoms with Crippen LogP contribution in [-0.4, -0.2) is 28.8 Å². The smallest absolute Gasteiger partial charge is 0.225 e. The van der Waals surface area contributed by atoms with Crippen LogP contribution >= 0.6 is 0 Å². The molecule has 1 aliphatic heterocycles. The number of nitrogens with one attached hydrogen (secondary N) is 2. The van der Waals surface area contributed by atoms with Crippen molar-refractivity contribution in [3.05, 3.63) is 53.3 Å². The van der Waals surface area contributed by atoms with Gasteiger partial charge in [0.2, 0.25) is 5.91 Å². The van der Waals surface area contributed by atoms with Crippen LogP contribution in [0.25, 0.3) is 0 Å². The van der Waals surface area contributed by atoms with Crippen LogP contribution in [0.4, 0.5) is 0 Å². The monoisotopic (exact) mass is 352 g/mol. The van der Waals surface area contributed by atoms with Crippen LogP contribution in [0.5, 0.6) is 0 Å². The molecule has 2 heterocycles. The summed E-state index contributed by atoms with van der Waals surface area (Å²) in [6, 6.07) is 8.63. The number of amides is 1. The average molecular weight is 352 g/mol. The zero-order valence-electron chi connectivity index (χ0n) is 15.7. The molecular weight excluding hydrogens is 324 g/mol. The first-order valence-electron chi connectivity index (χ1n) is 9.66. The second kappa shape index (κ2) is 6.88. The van der Waals surface area contributed by atoms with Gasteiger partial charge >= 0.3 is 0 Å². The minimum atomic E-state index is -0.203. The van der Waals surface area contributed by atoms with E-state index < -0.39 is 0 Å². The van der Waals surface area contributed by atoms with Crippen molar-refractivity contribution in [2.24, 2.45) is 13.0 Å². The standard InChI is InChI=1S/C21H28N4O/c1-15-6-5-7-17(10-15)21(8-3-4-9-21)24-20(26)19-13-22-12-18(19)16-11-23-25(2)14-16/h5-7,10-11,14,18-19,22H,3-4,8-9,12-13H2,1-2H3,(H,24,26)/t18-,19+/m1/s1. The van der Waals surface area contributed by atoms with Crippen molar-refractivity contribution >= 4 is 5.91 Å². The molecule has 2 fully saturated rings. The minimum Gasteiger partial charge on any atom is -0.346 e. The molecule has 2 aromatic rings. The van der Waals surface area contributed by atoms with Gasteiger partial charge in [0.1, 0.15) is 0 Å². The number of aryl methyl sites for hydroxylation is 2. The highest BCUT2D eigenvalue weighted by atomic mass is 16.2. The molecular formula is C21H28N4O. The van der Waals surface area contributed by atoms with Crippen LogP contribution in [0.2, 0.25) is 0 Å². The molecule has 1 aliphatic carbocycles. The van der Waals surface area contributed by atoms with Gasteiger partial charge in [-0.15, -0.1) is 0 Å². The largest absolute Gasteiger partial charge is 0.346 e. The molecule has 1 aromatic carbocycles. The molecule has 26 heavy (non-hydrogen) atoms. The lowest BCUT2D eigenvalue weighted by atomic mass is 9.84. The van der Waals surface area contributed by atoms with Crippen molar-refractivity contribution in [1.82, 2.24) is 20.4 Å². The fraction of sp³-hybridized carbons (Fsp3) is 0.524. The van der Waals surface area contributed by atoms with E-state index in [0.29, 0.717) is 0 Å². The average Bonchev–Trinajstić information content (AvgIpc) is 3.35. The van der Waals surface area contributed by atoms with Gasteiger partial charge in [0.15, 0.2) is 0 Å². The first-order valence-corrected chi connectivity index (χ1v) is 9.66. The first kappa shape index (κ1) is 17.3. The van der Waals surface area contributed by atoms with E-state index in [0.717, 1.165) is 31.5 Å². The Morgan fingerprint density at radius 2 is 2.12 bits per heavy atom. The topological polar surface area (TPSA) is 59.0 Å². The molecule has 0 bridgehead atoms. The number of rotatable bonds is 4. The van der Waals surface area contributed by atoms with Crippen LogP contribution < -0.4 is 10.6 Å². The van der Waals surface area contributed by atoms with E-state index >= 15 is 0 Å². The van der Waals surface area contributed by atoms with Crippen LogP contribution in [0.3, 0.4) is 0 Å². The van der Waals surface area contributed by atoms with Crippen molar-refractivity contribution in [3.8, 4) is 0 Å². The SMILES string of the molecule is Cc1cccc(C2(NC(=O)[C@H]3CNC[C@@H]3c3cnn(C)c3)CCCC2)c1. The molecule has 2 aliphatic rings. The molecule has 138 valence electrons. The van der Waals surface area contributed by atoms with Crippen LogP contribution in [0.15, 0.2) is 36.7 Å². The summed E-state index contributed by atoms with van der Waals surface area (Å²) in [5.74, 6) is 0.327. The van der Waals surface area contributed by atoms with Gasteiger partial charge in [-0.2, -0.15) is 5.10 Å². The summed E-state index contributed by atoms with van der Waals surface area (Å²) < 4.78 is 1.81. The van der Waals surface area contributed by atoms with Gasteiger partial charge in [0, 0.05) is 32.3 Å². The van der Waals surface area contributed by atoms with Gasteiger partial charge in [0.25, 0.3) is 0 Å². The van der Waals surface area contributed by atoms with E-state index in [9.17, 15) is 4.79 Å². The zero-order valence-corrected chi connectivity index (χ0v) is 15.7. The minimum absolute atomic E-state index is 0.0403. The van der Waals surface area contributed by atoms with Gasteiger partial charge in [-0.3, -0.25) is 9.48 Å².